The minimum Gasteiger partial charge on any atom is -0.399 e. The van der Waals surface area contributed by atoms with E-state index in [0.29, 0.717) is 10.7 Å². The summed E-state index contributed by atoms with van der Waals surface area (Å²) >= 11 is 5.81. The van der Waals surface area contributed by atoms with Crippen LogP contribution in [0, 0.1) is 0 Å². The maximum Gasteiger partial charge on any atom is 0.241 e. The molecule has 6 heteroatoms. The molecule has 0 radical (unpaired) electrons. The Kier molecular flexibility index (Phi) is 4.32. The second-order valence-corrected chi connectivity index (χ2v) is 6.61. The Bertz CT molecular complexity index is 682. The zero-order chi connectivity index (χ0) is 14.8. The fourth-order valence-electron chi connectivity index (χ4n) is 1.77. The number of nitrogens with one attached hydrogen (secondary N) is 1. The topological polar surface area (TPSA) is 72.2 Å². The Hall–Kier alpha value is -1.56. The van der Waals surface area contributed by atoms with Crippen molar-refractivity contribution < 1.29 is 8.42 Å². The average molecular weight is 311 g/mol. The lowest BCUT2D eigenvalue weighted by Crippen LogP contribution is -2.26. The lowest BCUT2D eigenvalue weighted by molar-refractivity contribution is 0.567. The monoisotopic (exact) mass is 310 g/mol. The van der Waals surface area contributed by atoms with E-state index in [4.69, 9.17) is 17.3 Å². The number of benzene rings is 2. The molecule has 0 saturated carbocycles. The number of rotatable bonds is 4. The first-order valence-electron chi connectivity index (χ1n) is 6.02. The summed E-state index contributed by atoms with van der Waals surface area (Å²) in [4.78, 5) is 0.188. The predicted octanol–water partition coefficient (Wildman–Crippen LogP) is 2.96. The lowest BCUT2D eigenvalue weighted by Gasteiger charge is -2.15. The van der Waals surface area contributed by atoms with E-state index < -0.39 is 10.0 Å². The molecule has 20 heavy (non-hydrogen) atoms. The quantitative estimate of drug-likeness (QED) is 0.853. The first-order chi connectivity index (χ1) is 9.38. The third kappa shape index (κ3) is 3.50. The van der Waals surface area contributed by atoms with Crippen LogP contribution in [0.1, 0.15) is 18.5 Å². The Balaban J connectivity index is 2.19. The van der Waals surface area contributed by atoms with Crippen molar-refractivity contribution in [3.05, 3.63) is 59.1 Å². The third-order valence-electron chi connectivity index (χ3n) is 2.89. The van der Waals surface area contributed by atoms with Crippen LogP contribution in [-0.4, -0.2) is 8.42 Å². The summed E-state index contributed by atoms with van der Waals surface area (Å²) in [6.45, 7) is 1.78. The fraction of sp³-hybridized carbons (Fsp3) is 0.143. The molecule has 0 fully saturated rings. The van der Waals surface area contributed by atoms with Gasteiger partial charge in [0.1, 0.15) is 0 Å². The molecule has 0 amide bonds. The van der Waals surface area contributed by atoms with E-state index in [1.54, 1.807) is 43.3 Å². The van der Waals surface area contributed by atoms with Crippen molar-refractivity contribution >= 4 is 27.3 Å². The molecule has 2 aromatic rings. The van der Waals surface area contributed by atoms with Crippen molar-refractivity contribution in [1.82, 2.24) is 4.72 Å². The number of nitrogen functional groups attached to an aromatic ring is 1. The molecule has 106 valence electrons. The van der Waals surface area contributed by atoms with Gasteiger partial charge in [0.05, 0.1) is 4.90 Å². The van der Waals surface area contributed by atoms with Crippen molar-refractivity contribution in [2.75, 3.05) is 5.73 Å². The van der Waals surface area contributed by atoms with Gasteiger partial charge in [0, 0.05) is 16.8 Å². The van der Waals surface area contributed by atoms with Gasteiger partial charge < -0.3 is 5.73 Å². The number of anilines is 1. The van der Waals surface area contributed by atoms with Crippen LogP contribution in [0.4, 0.5) is 5.69 Å². The van der Waals surface area contributed by atoms with Gasteiger partial charge >= 0.3 is 0 Å². The van der Waals surface area contributed by atoms with Crippen molar-refractivity contribution in [3.63, 3.8) is 0 Å². The zero-order valence-electron chi connectivity index (χ0n) is 10.9. The molecule has 0 heterocycles. The van der Waals surface area contributed by atoms with E-state index in [0.717, 1.165) is 5.56 Å². The Morgan fingerprint density at radius 2 is 1.60 bits per heavy atom. The summed E-state index contributed by atoms with van der Waals surface area (Å²) in [6, 6.07) is 12.8. The number of hydrogen-bond donors (Lipinski definition) is 2. The minimum absolute atomic E-state index is 0.188. The largest absolute Gasteiger partial charge is 0.399 e. The second-order valence-electron chi connectivity index (χ2n) is 4.46. The van der Waals surface area contributed by atoms with Gasteiger partial charge in [-0.05, 0) is 48.9 Å². The molecule has 0 aliphatic heterocycles. The van der Waals surface area contributed by atoms with Gasteiger partial charge in [-0.15, -0.1) is 0 Å². The van der Waals surface area contributed by atoms with E-state index in [9.17, 15) is 8.42 Å². The Labute approximate surface area is 123 Å². The van der Waals surface area contributed by atoms with Crippen LogP contribution >= 0.6 is 11.6 Å². The molecule has 0 aliphatic rings. The van der Waals surface area contributed by atoms with Crippen molar-refractivity contribution in [1.29, 1.82) is 0 Å². The van der Waals surface area contributed by atoms with Crippen molar-refractivity contribution in [2.45, 2.75) is 17.9 Å². The van der Waals surface area contributed by atoms with Gasteiger partial charge in [0.25, 0.3) is 0 Å². The summed E-state index contributed by atoms with van der Waals surface area (Å²) in [5.41, 5.74) is 6.91. The highest BCUT2D eigenvalue weighted by Gasteiger charge is 2.18. The van der Waals surface area contributed by atoms with Crippen LogP contribution in [-0.2, 0) is 10.0 Å². The summed E-state index contributed by atoms with van der Waals surface area (Å²) in [6.07, 6.45) is 0. The standard InChI is InChI=1S/C14H15ClN2O2S/c1-10(11-2-4-12(15)5-3-11)17-20(18,19)14-8-6-13(16)7-9-14/h2-10,17H,16H2,1H3. The molecular weight excluding hydrogens is 296 g/mol. The molecule has 1 atom stereocenters. The van der Waals surface area contributed by atoms with Gasteiger partial charge in [-0.1, -0.05) is 23.7 Å². The molecule has 0 saturated heterocycles. The molecule has 0 bridgehead atoms. The molecule has 1 unspecified atom stereocenters. The minimum atomic E-state index is -3.57. The SMILES string of the molecule is CC(NS(=O)(=O)c1ccc(N)cc1)c1ccc(Cl)cc1. The average Bonchev–Trinajstić information content (AvgIpc) is 2.39. The van der Waals surface area contributed by atoms with Crippen LogP contribution in [0.25, 0.3) is 0 Å². The maximum atomic E-state index is 12.2. The van der Waals surface area contributed by atoms with Gasteiger partial charge in [-0.3, -0.25) is 0 Å². The van der Waals surface area contributed by atoms with Gasteiger partial charge in [0.2, 0.25) is 10.0 Å². The van der Waals surface area contributed by atoms with E-state index in [-0.39, 0.29) is 10.9 Å². The molecule has 2 rings (SSSR count). The Morgan fingerprint density at radius 3 is 2.15 bits per heavy atom. The summed E-state index contributed by atoms with van der Waals surface area (Å²) in [5, 5.41) is 0.613. The number of halogens is 1. The second kappa shape index (κ2) is 5.83. The molecule has 0 aromatic heterocycles. The third-order valence-corrected chi connectivity index (χ3v) is 4.70. The lowest BCUT2D eigenvalue weighted by atomic mass is 10.1. The van der Waals surface area contributed by atoms with Crippen molar-refractivity contribution in [2.24, 2.45) is 0 Å². The maximum absolute atomic E-state index is 12.2. The summed E-state index contributed by atoms with van der Waals surface area (Å²) in [5.74, 6) is 0. The van der Waals surface area contributed by atoms with Gasteiger partial charge in [0.15, 0.2) is 0 Å². The smallest absolute Gasteiger partial charge is 0.241 e. The van der Waals surface area contributed by atoms with Crippen LogP contribution in [0.2, 0.25) is 5.02 Å². The molecule has 2 aromatic carbocycles. The first kappa shape index (κ1) is 14.8. The van der Waals surface area contributed by atoms with E-state index in [1.165, 1.54) is 12.1 Å². The van der Waals surface area contributed by atoms with E-state index in [1.807, 2.05) is 0 Å². The van der Waals surface area contributed by atoms with Crippen LogP contribution < -0.4 is 10.5 Å². The van der Waals surface area contributed by atoms with Crippen LogP contribution in [0.15, 0.2) is 53.4 Å². The molecule has 0 aliphatic carbocycles. The number of sulfonamides is 1. The molecule has 4 nitrogen and oxygen atoms in total. The summed E-state index contributed by atoms with van der Waals surface area (Å²) < 4.78 is 27.0. The van der Waals surface area contributed by atoms with Gasteiger partial charge in [-0.2, -0.15) is 0 Å². The number of nitrogens with two attached hydrogens (primary N) is 1. The molecule has 3 N–H and O–H groups in total. The normalized spacial score (nSPS) is 13.1. The van der Waals surface area contributed by atoms with Crippen LogP contribution in [0.5, 0.6) is 0 Å². The van der Waals surface area contributed by atoms with Crippen LogP contribution in [0.3, 0.4) is 0 Å². The number of hydrogen-bond acceptors (Lipinski definition) is 3. The van der Waals surface area contributed by atoms with Gasteiger partial charge in [-0.25, -0.2) is 13.1 Å². The highest BCUT2D eigenvalue weighted by molar-refractivity contribution is 7.89. The van der Waals surface area contributed by atoms with Crippen molar-refractivity contribution in [3.8, 4) is 0 Å². The zero-order valence-corrected chi connectivity index (χ0v) is 12.4. The predicted molar refractivity (Wildman–Crippen MR) is 81.0 cm³/mol. The highest BCUT2D eigenvalue weighted by Crippen LogP contribution is 2.19. The molecular formula is C14H15ClN2O2S. The van der Waals surface area contributed by atoms with E-state index >= 15 is 0 Å². The summed E-state index contributed by atoms with van der Waals surface area (Å²) in [7, 11) is -3.57. The Morgan fingerprint density at radius 1 is 1.05 bits per heavy atom. The fourth-order valence-corrected chi connectivity index (χ4v) is 3.13. The first-order valence-corrected chi connectivity index (χ1v) is 7.88. The molecule has 0 spiro atoms. The van der Waals surface area contributed by atoms with E-state index in [2.05, 4.69) is 4.72 Å². The highest BCUT2D eigenvalue weighted by atomic mass is 35.5.